The van der Waals surface area contributed by atoms with Gasteiger partial charge in [0.15, 0.2) is 0 Å². The number of piperidine rings is 1. The molecule has 0 radical (unpaired) electrons. The quantitative estimate of drug-likeness (QED) is 0.856. The molecule has 0 bridgehead atoms. The van der Waals surface area contributed by atoms with Gasteiger partial charge in [0.05, 0.1) is 0 Å². The number of halogens is 1. The number of carbonyl (C=O) groups is 1. The van der Waals surface area contributed by atoms with Crippen LogP contribution >= 0.6 is 0 Å². The first-order valence-electron chi connectivity index (χ1n) is 6.60. The molecule has 1 fully saturated rings. The maximum absolute atomic E-state index is 12.1. The van der Waals surface area contributed by atoms with Crippen molar-refractivity contribution in [2.45, 2.75) is 12.8 Å². The monoisotopic (exact) mass is 266 g/mol. The smallest absolute Gasteiger partial charge is 0.227 e. The molecule has 0 aliphatic carbocycles. The molecule has 1 saturated heterocycles. The maximum atomic E-state index is 12.1. The Bertz CT molecular complexity index is 420. The van der Waals surface area contributed by atoms with Gasteiger partial charge < -0.3 is 15.4 Å². The van der Waals surface area contributed by atoms with Crippen LogP contribution in [0.3, 0.4) is 0 Å². The van der Waals surface area contributed by atoms with Crippen LogP contribution in [0, 0.1) is 5.92 Å². The number of ether oxygens (including phenoxy) is 1. The molecule has 1 aromatic rings. The fourth-order valence-electron chi connectivity index (χ4n) is 2.15. The van der Waals surface area contributed by atoms with Crippen LogP contribution in [0.1, 0.15) is 12.8 Å². The second-order valence-electron chi connectivity index (χ2n) is 4.58. The van der Waals surface area contributed by atoms with Gasteiger partial charge in [-0.25, -0.2) is 4.39 Å². The van der Waals surface area contributed by atoms with Crippen molar-refractivity contribution in [3.05, 3.63) is 24.3 Å². The third-order valence-electron chi connectivity index (χ3n) is 3.16. The largest absolute Gasteiger partial charge is 0.491 e. The van der Waals surface area contributed by atoms with E-state index in [1.54, 1.807) is 24.3 Å². The van der Waals surface area contributed by atoms with Crippen molar-refractivity contribution >= 4 is 11.6 Å². The molecule has 104 valence electrons. The standard InChI is InChI=1S/C14H19FN2O2/c15-6-9-19-13-3-1-2-12(10-13)17-14(18)11-4-7-16-8-5-11/h1-3,10-11,16H,4-9H2,(H,17,18). The number of alkyl halides is 1. The Morgan fingerprint density at radius 2 is 2.21 bits per heavy atom. The van der Waals surface area contributed by atoms with Gasteiger partial charge >= 0.3 is 0 Å². The molecule has 0 unspecified atom stereocenters. The molecule has 0 atom stereocenters. The highest BCUT2D eigenvalue weighted by atomic mass is 19.1. The Morgan fingerprint density at radius 3 is 2.95 bits per heavy atom. The zero-order valence-corrected chi connectivity index (χ0v) is 10.8. The van der Waals surface area contributed by atoms with Gasteiger partial charge in [-0.3, -0.25) is 4.79 Å². The van der Waals surface area contributed by atoms with E-state index in [4.69, 9.17) is 4.74 Å². The van der Waals surface area contributed by atoms with Gasteiger partial charge in [0.25, 0.3) is 0 Å². The molecule has 4 nitrogen and oxygen atoms in total. The van der Waals surface area contributed by atoms with Gasteiger partial charge in [-0.15, -0.1) is 0 Å². The highest BCUT2D eigenvalue weighted by Crippen LogP contribution is 2.20. The van der Waals surface area contributed by atoms with E-state index in [9.17, 15) is 9.18 Å². The first-order chi connectivity index (χ1) is 9.29. The summed E-state index contributed by atoms with van der Waals surface area (Å²) in [4.78, 5) is 12.1. The molecule has 0 aromatic heterocycles. The summed E-state index contributed by atoms with van der Waals surface area (Å²) in [5, 5.41) is 6.12. The van der Waals surface area contributed by atoms with Gasteiger partial charge in [0.2, 0.25) is 5.91 Å². The van der Waals surface area contributed by atoms with E-state index in [0.29, 0.717) is 11.4 Å². The minimum absolute atomic E-state index is 0.0334. The topological polar surface area (TPSA) is 50.4 Å². The van der Waals surface area contributed by atoms with Gasteiger partial charge in [-0.1, -0.05) is 6.07 Å². The van der Waals surface area contributed by atoms with Gasteiger partial charge in [0, 0.05) is 17.7 Å². The Morgan fingerprint density at radius 1 is 1.42 bits per heavy atom. The average Bonchev–Trinajstić information content (AvgIpc) is 2.46. The van der Waals surface area contributed by atoms with E-state index in [0.717, 1.165) is 25.9 Å². The number of benzene rings is 1. The van der Waals surface area contributed by atoms with Crippen molar-refractivity contribution in [3.63, 3.8) is 0 Å². The van der Waals surface area contributed by atoms with Crippen LogP contribution in [0.25, 0.3) is 0 Å². The van der Waals surface area contributed by atoms with E-state index in [-0.39, 0.29) is 18.4 Å². The van der Waals surface area contributed by atoms with Crippen LogP contribution in [0.15, 0.2) is 24.3 Å². The fraction of sp³-hybridized carbons (Fsp3) is 0.500. The lowest BCUT2D eigenvalue weighted by Gasteiger charge is -2.21. The molecule has 1 amide bonds. The van der Waals surface area contributed by atoms with Crippen molar-refractivity contribution in [2.75, 3.05) is 31.7 Å². The number of hydrogen-bond acceptors (Lipinski definition) is 3. The molecule has 1 heterocycles. The molecule has 0 saturated carbocycles. The summed E-state index contributed by atoms with van der Waals surface area (Å²) in [6.07, 6.45) is 1.73. The minimum atomic E-state index is -0.522. The molecule has 0 spiro atoms. The maximum Gasteiger partial charge on any atom is 0.227 e. The molecule has 2 N–H and O–H groups in total. The highest BCUT2D eigenvalue weighted by Gasteiger charge is 2.20. The number of hydrogen-bond donors (Lipinski definition) is 2. The van der Waals surface area contributed by atoms with Crippen molar-refractivity contribution in [1.82, 2.24) is 5.32 Å². The Kier molecular flexibility index (Phi) is 5.15. The molecule has 5 heteroatoms. The number of carbonyl (C=O) groups excluding carboxylic acids is 1. The van der Waals surface area contributed by atoms with Crippen LogP contribution in [-0.2, 0) is 4.79 Å². The lowest BCUT2D eigenvalue weighted by Crippen LogP contribution is -2.34. The number of amides is 1. The minimum Gasteiger partial charge on any atom is -0.491 e. The summed E-state index contributed by atoms with van der Waals surface area (Å²) in [6.45, 7) is 1.28. The predicted molar refractivity (Wildman–Crippen MR) is 72.1 cm³/mol. The average molecular weight is 266 g/mol. The summed E-state index contributed by atoms with van der Waals surface area (Å²) < 4.78 is 17.2. The number of nitrogens with one attached hydrogen (secondary N) is 2. The highest BCUT2D eigenvalue weighted by molar-refractivity contribution is 5.92. The first-order valence-corrected chi connectivity index (χ1v) is 6.60. The molecule has 1 aliphatic rings. The normalized spacial score (nSPS) is 16.1. The lowest BCUT2D eigenvalue weighted by atomic mass is 9.97. The van der Waals surface area contributed by atoms with Crippen LogP contribution in [0.5, 0.6) is 5.75 Å². The van der Waals surface area contributed by atoms with E-state index in [2.05, 4.69) is 10.6 Å². The summed E-state index contributed by atoms with van der Waals surface area (Å²) in [7, 11) is 0. The van der Waals surface area contributed by atoms with Crippen molar-refractivity contribution in [2.24, 2.45) is 5.92 Å². The Hall–Kier alpha value is -1.62. The zero-order valence-electron chi connectivity index (χ0n) is 10.8. The molecular weight excluding hydrogens is 247 g/mol. The summed E-state index contributed by atoms with van der Waals surface area (Å²) in [6, 6.07) is 7.05. The third kappa shape index (κ3) is 4.21. The second-order valence-corrected chi connectivity index (χ2v) is 4.58. The zero-order chi connectivity index (χ0) is 13.5. The van der Waals surface area contributed by atoms with Crippen molar-refractivity contribution < 1.29 is 13.9 Å². The Balaban J connectivity index is 1.92. The summed E-state index contributed by atoms with van der Waals surface area (Å²) in [5.41, 5.74) is 0.694. The van der Waals surface area contributed by atoms with E-state index in [1.807, 2.05) is 0 Å². The molecular formula is C14H19FN2O2. The third-order valence-corrected chi connectivity index (χ3v) is 3.16. The molecule has 1 aliphatic heterocycles. The second kappa shape index (κ2) is 7.09. The Labute approximate surface area is 112 Å². The lowest BCUT2D eigenvalue weighted by molar-refractivity contribution is -0.120. The van der Waals surface area contributed by atoms with Crippen LogP contribution in [0.4, 0.5) is 10.1 Å². The summed E-state index contributed by atoms with van der Waals surface area (Å²) >= 11 is 0. The van der Waals surface area contributed by atoms with Gasteiger partial charge in [-0.2, -0.15) is 0 Å². The van der Waals surface area contributed by atoms with E-state index >= 15 is 0 Å². The van der Waals surface area contributed by atoms with Crippen molar-refractivity contribution in [1.29, 1.82) is 0 Å². The summed E-state index contributed by atoms with van der Waals surface area (Å²) in [5.74, 6) is 0.682. The molecule has 2 rings (SSSR count). The van der Waals surface area contributed by atoms with Gasteiger partial charge in [0.1, 0.15) is 19.0 Å². The number of rotatable bonds is 5. The number of anilines is 1. The SMILES string of the molecule is O=C(Nc1cccc(OCCF)c1)C1CCNCC1. The molecule has 1 aromatic carbocycles. The predicted octanol–water partition coefficient (Wildman–Crippen LogP) is 1.97. The van der Waals surface area contributed by atoms with Crippen molar-refractivity contribution in [3.8, 4) is 5.75 Å². The van der Waals surface area contributed by atoms with Crippen LogP contribution in [-0.4, -0.2) is 32.3 Å². The van der Waals surface area contributed by atoms with Gasteiger partial charge in [-0.05, 0) is 38.1 Å². The fourth-order valence-corrected chi connectivity index (χ4v) is 2.15. The van der Waals surface area contributed by atoms with E-state index in [1.165, 1.54) is 0 Å². The van der Waals surface area contributed by atoms with Crippen LogP contribution < -0.4 is 15.4 Å². The molecule has 19 heavy (non-hydrogen) atoms. The van der Waals surface area contributed by atoms with Crippen LogP contribution in [0.2, 0.25) is 0 Å². The van der Waals surface area contributed by atoms with E-state index < -0.39 is 6.67 Å². The first kappa shape index (κ1) is 13.8.